The Kier molecular flexibility index (Phi) is 5.10. The first-order valence-electron chi connectivity index (χ1n) is 6.16. The molecule has 88 valence electrons. The van der Waals surface area contributed by atoms with Gasteiger partial charge in [-0.05, 0) is 37.7 Å². The first-order valence-corrected chi connectivity index (χ1v) is 7.40. The third-order valence-electron chi connectivity index (χ3n) is 3.16. The standard InChI is InChI=1S/C14H19IO/c15-13(14-10-5-11-16-14)9-4-8-12-6-2-1-3-7-12/h1-3,6-7,13-14H,4-5,8-11H2/t13-,14-/m1/s1. The second-order valence-electron chi connectivity index (χ2n) is 4.45. The van der Waals surface area contributed by atoms with Crippen molar-refractivity contribution in [1.82, 2.24) is 0 Å². The van der Waals surface area contributed by atoms with E-state index in [-0.39, 0.29) is 0 Å². The molecule has 1 aromatic carbocycles. The Balaban J connectivity index is 1.67. The molecule has 1 aliphatic rings. The first-order chi connectivity index (χ1) is 7.86. The smallest absolute Gasteiger partial charge is 0.0693 e. The van der Waals surface area contributed by atoms with Crippen molar-refractivity contribution < 1.29 is 4.74 Å². The van der Waals surface area contributed by atoms with Crippen LogP contribution in [0.15, 0.2) is 30.3 Å². The van der Waals surface area contributed by atoms with Crippen LogP contribution in [0.5, 0.6) is 0 Å². The zero-order valence-corrected chi connectivity index (χ0v) is 11.7. The Morgan fingerprint density at radius 2 is 2.12 bits per heavy atom. The predicted octanol–water partition coefficient (Wildman–Crippen LogP) is 3.99. The Morgan fingerprint density at radius 3 is 2.81 bits per heavy atom. The number of hydrogen-bond donors (Lipinski definition) is 0. The summed E-state index contributed by atoms with van der Waals surface area (Å²) < 4.78 is 6.41. The van der Waals surface area contributed by atoms with Gasteiger partial charge in [0.2, 0.25) is 0 Å². The van der Waals surface area contributed by atoms with Crippen LogP contribution >= 0.6 is 22.6 Å². The molecule has 1 saturated heterocycles. The molecule has 0 aliphatic carbocycles. The quantitative estimate of drug-likeness (QED) is 0.586. The van der Waals surface area contributed by atoms with Gasteiger partial charge in [-0.15, -0.1) is 0 Å². The summed E-state index contributed by atoms with van der Waals surface area (Å²) in [4.78, 5) is 0. The molecule has 1 nitrogen and oxygen atoms in total. The van der Waals surface area contributed by atoms with E-state index in [2.05, 4.69) is 52.9 Å². The number of ether oxygens (including phenoxy) is 1. The van der Waals surface area contributed by atoms with Crippen LogP contribution in [0, 0.1) is 0 Å². The van der Waals surface area contributed by atoms with Crippen LogP contribution in [0.1, 0.15) is 31.2 Å². The second kappa shape index (κ2) is 6.60. The molecule has 0 N–H and O–H groups in total. The van der Waals surface area contributed by atoms with Crippen molar-refractivity contribution in [2.45, 2.75) is 42.1 Å². The maximum absolute atomic E-state index is 5.71. The molecule has 1 aliphatic heterocycles. The van der Waals surface area contributed by atoms with E-state index < -0.39 is 0 Å². The van der Waals surface area contributed by atoms with Gasteiger partial charge in [0.1, 0.15) is 0 Å². The van der Waals surface area contributed by atoms with Crippen LogP contribution in [0.3, 0.4) is 0 Å². The molecule has 0 aromatic heterocycles. The number of rotatable bonds is 5. The molecule has 2 atom stereocenters. The minimum Gasteiger partial charge on any atom is -0.377 e. The maximum Gasteiger partial charge on any atom is 0.0693 e. The molecule has 16 heavy (non-hydrogen) atoms. The average molecular weight is 330 g/mol. The Hall–Kier alpha value is -0.0900. The van der Waals surface area contributed by atoms with Gasteiger partial charge in [-0.1, -0.05) is 52.9 Å². The van der Waals surface area contributed by atoms with Crippen molar-refractivity contribution in [3.05, 3.63) is 35.9 Å². The highest BCUT2D eigenvalue weighted by molar-refractivity contribution is 14.1. The van der Waals surface area contributed by atoms with E-state index in [4.69, 9.17) is 4.74 Å². The third-order valence-corrected chi connectivity index (χ3v) is 4.58. The predicted molar refractivity (Wildman–Crippen MR) is 76.2 cm³/mol. The van der Waals surface area contributed by atoms with Crippen LogP contribution in [0.4, 0.5) is 0 Å². The summed E-state index contributed by atoms with van der Waals surface area (Å²) in [5, 5.41) is 0. The number of hydrogen-bond acceptors (Lipinski definition) is 1. The van der Waals surface area contributed by atoms with E-state index in [1.807, 2.05) is 0 Å². The molecular formula is C14H19IO. The normalized spacial score (nSPS) is 22.2. The lowest BCUT2D eigenvalue weighted by atomic mass is 10.0. The zero-order chi connectivity index (χ0) is 11.2. The van der Waals surface area contributed by atoms with Gasteiger partial charge in [0, 0.05) is 10.5 Å². The Bertz CT molecular complexity index is 293. The van der Waals surface area contributed by atoms with Crippen LogP contribution in [0.25, 0.3) is 0 Å². The van der Waals surface area contributed by atoms with Crippen LogP contribution in [-0.2, 0) is 11.2 Å². The molecule has 1 aromatic rings. The van der Waals surface area contributed by atoms with E-state index >= 15 is 0 Å². The van der Waals surface area contributed by atoms with E-state index in [0.717, 1.165) is 6.61 Å². The molecule has 1 heterocycles. The van der Waals surface area contributed by atoms with Crippen molar-refractivity contribution in [3.63, 3.8) is 0 Å². The van der Waals surface area contributed by atoms with E-state index in [1.165, 1.54) is 37.7 Å². The van der Waals surface area contributed by atoms with Crippen LogP contribution in [-0.4, -0.2) is 16.6 Å². The molecular weight excluding hydrogens is 311 g/mol. The molecule has 0 bridgehead atoms. The lowest BCUT2D eigenvalue weighted by molar-refractivity contribution is 0.110. The summed E-state index contributed by atoms with van der Waals surface area (Å²) in [6.07, 6.45) is 6.79. The summed E-state index contributed by atoms with van der Waals surface area (Å²) in [6.45, 7) is 0.975. The van der Waals surface area contributed by atoms with Crippen LogP contribution < -0.4 is 0 Å². The van der Waals surface area contributed by atoms with Gasteiger partial charge in [-0.2, -0.15) is 0 Å². The number of halogens is 1. The fourth-order valence-electron chi connectivity index (χ4n) is 2.22. The Labute approximate surface area is 112 Å². The molecule has 0 amide bonds. The first kappa shape index (κ1) is 12.4. The average Bonchev–Trinajstić information content (AvgIpc) is 2.84. The number of aryl methyl sites for hydroxylation is 1. The van der Waals surface area contributed by atoms with E-state index in [0.29, 0.717) is 10.0 Å². The number of benzene rings is 1. The monoisotopic (exact) mass is 330 g/mol. The second-order valence-corrected chi connectivity index (χ2v) is 6.05. The minimum absolute atomic E-state index is 0.524. The van der Waals surface area contributed by atoms with Crippen molar-refractivity contribution >= 4 is 22.6 Å². The number of alkyl halides is 1. The topological polar surface area (TPSA) is 9.23 Å². The van der Waals surface area contributed by atoms with Crippen molar-refractivity contribution in [3.8, 4) is 0 Å². The highest BCUT2D eigenvalue weighted by Crippen LogP contribution is 2.25. The largest absolute Gasteiger partial charge is 0.377 e. The highest BCUT2D eigenvalue weighted by atomic mass is 127. The molecule has 0 unspecified atom stereocenters. The summed E-state index contributed by atoms with van der Waals surface area (Å²) >= 11 is 2.56. The van der Waals surface area contributed by atoms with Crippen LogP contribution in [0.2, 0.25) is 0 Å². The van der Waals surface area contributed by atoms with Gasteiger partial charge in [0.15, 0.2) is 0 Å². The molecule has 2 rings (SSSR count). The molecule has 1 fully saturated rings. The fourth-order valence-corrected chi connectivity index (χ4v) is 3.23. The Morgan fingerprint density at radius 1 is 1.31 bits per heavy atom. The summed E-state index contributed by atoms with van der Waals surface area (Å²) in [5.41, 5.74) is 1.46. The zero-order valence-electron chi connectivity index (χ0n) is 9.57. The van der Waals surface area contributed by atoms with Crippen molar-refractivity contribution in [1.29, 1.82) is 0 Å². The molecule has 0 spiro atoms. The molecule has 2 heteroatoms. The summed E-state index contributed by atoms with van der Waals surface area (Å²) in [5.74, 6) is 0. The van der Waals surface area contributed by atoms with E-state index in [1.54, 1.807) is 0 Å². The van der Waals surface area contributed by atoms with Gasteiger partial charge >= 0.3 is 0 Å². The molecule has 0 radical (unpaired) electrons. The SMILES string of the molecule is I[C@H](CCCc1ccccc1)[C@H]1CCCO1. The fraction of sp³-hybridized carbons (Fsp3) is 0.571. The summed E-state index contributed by atoms with van der Waals surface area (Å²) in [6, 6.07) is 10.8. The summed E-state index contributed by atoms with van der Waals surface area (Å²) in [7, 11) is 0. The van der Waals surface area contributed by atoms with Gasteiger partial charge in [0.05, 0.1) is 6.10 Å². The molecule has 0 saturated carbocycles. The van der Waals surface area contributed by atoms with Gasteiger partial charge in [-0.3, -0.25) is 0 Å². The van der Waals surface area contributed by atoms with Crippen molar-refractivity contribution in [2.75, 3.05) is 6.61 Å². The third kappa shape index (κ3) is 3.74. The van der Waals surface area contributed by atoms with Gasteiger partial charge in [-0.25, -0.2) is 0 Å². The van der Waals surface area contributed by atoms with E-state index in [9.17, 15) is 0 Å². The lowest BCUT2D eigenvalue weighted by Gasteiger charge is -2.16. The lowest BCUT2D eigenvalue weighted by Crippen LogP contribution is -2.19. The highest BCUT2D eigenvalue weighted by Gasteiger charge is 2.22. The van der Waals surface area contributed by atoms with Gasteiger partial charge in [0.25, 0.3) is 0 Å². The maximum atomic E-state index is 5.71. The minimum atomic E-state index is 0.524. The van der Waals surface area contributed by atoms with Gasteiger partial charge < -0.3 is 4.74 Å². The van der Waals surface area contributed by atoms with Crippen molar-refractivity contribution in [2.24, 2.45) is 0 Å².